The van der Waals surface area contributed by atoms with E-state index >= 15 is 0 Å². The van der Waals surface area contributed by atoms with E-state index in [2.05, 4.69) is 171 Å². The van der Waals surface area contributed by atoms with Crippen LogP contribution in [0.5, 0.6) is 0 Å². The molecular formula is C52H32N4. The predicted molar refractivity (Wildman–Crippen MR) is 234 cm³/mol. The number of benzene rings is 9. The quantitative estimate of drug-likeness (QED) is 0.124. The average Bonchev–Trinajstić information content (AvgIpc) is 3.60. The number of nitrogens with zero attached hydrogens (tertiary/aromatic N) is 4. The van der Waals surface area contributed by atoms with Gasteiger partial charge in [0, 0.05) is 33.2 Å². The first-order valence-electron chi connectivity index (χ1n) is 18.6. The Balaban J connectivity index is 1.36. The zero-order valence-corrected chi connectivity index (χ0v) is 30.3. The topological polar surface area (TPSA) is 16.9 Å². The van der Waals surface area contributed by atoms with Crippen molar-refractivity contribution in [3.63, 3.8) is 0 Å². The molecule has 0 amide bonds. The minimum absolute atomic E-state index is 0.587. The van der Waals surface area contributed by atoms with Crippen molar-refractivity contribution in [2.24, 2.45) is 0 Å². The molecule has 0 aliphatic rings. The fraction of sp³-hybridized carbons (Fsp3) is 0. The van der Waals surface area contributed by atoms with Crippen LogP contribution in [0.4, 0.5) is 28.4 Å². The summed E-state index contributed by atoms with van der Waals surface area (Å²) in [4.78, 5) is 10.4. The van der Waals surface area contributed by atoms with Gasteiger partial charge >= 0.3 is 0 Å². The number of rotatable bonds is 6. The third-order valence-electron chi connectivity index (χ3n) is 10.8. The average molecular weight is 713 g/mol. The highest BCUT2D eigenvalue weighted by molar-refractivity contribution is 6.26. The van der Waals surface area contributed by atoms with Gasteiger partial charge in [0.1, 0.15) is 0 Å². The molecular weight excluding hydrogens is 681 g/mol. The molecule has 1 aromatic heterocycles. The van der Waals surface area contributed by atoms with E-state index in [1.54, 1.807) is 0 Å². The minimum Gasteiger partial charge on any atom is -0.310 e. The van der Waals surface area contributed by atoms with Crippen molar-refractivity contribution in [1.82, 2.24) is 4.57 Å². The van der Waals surface area contributed by atoms with Gasteiger partial charge in [-0.1, -0.05) is 140 Å². The van der Waals surface area contributed by atoms with Gasteiger partial charge in [-0.3, -0.25) is 0 Å². The molecule has 4 heteroatoms. The Morgan fingerprint density at radius 2 is 0.929 bits per heavy atom. The normalized spacial score (nSPS) is 11.2. The van der Waals surface area contributed by atoms with Crippen LogP contribution in [-0.2, 0) is 0 Å². The second-order valence-corrected chi connectivity index (χ2v) is 13.8. The maximum absolute atomic E-state index is 8.27. The summed E-state index contributed by atoms with van der Waals surface area (Å²) >= 11 is 0. The number of hydrogen-bond acceptors (Lipinski definition) is 1. The van der Waals surface area contributed by atoms with Gasteiger partial charge in [0.2, 0.25) is 0 Å². The maximum Gasteiger partial charge on any atom is 0.194 e. The number of hydrogen-bond donors (Lipinski definition) is 0. The molecule has 0 aliphatic carbocycles. The van der Waals surface area contributed by atoms with Crippen LogP contribution in [0, 0.1) is 13.1 Å². The SMILES string of the molecule is [C-]#[N+]c1ccccc1-c1c2ccccc2c(-c2ccccc2[N+]#[C-])c2c(N(c3ccccc3)c3ccc4c(c3)c3ccccc3n4-c3ccccc3)cccc12. The van der Waals surface area contributed by atoms with E-state index in [-0.39, 0.29) is 0 Å². The van der Waals surface area contributed by atoms with Crippen LogP contribution in [-0.4, -0.2) is 4.57 Å². The fourth-order valence-electron chi connectivity index (χ4n) is 8.49. The summed E-state index contributed by atoms with van der Waals surface area (Å²) in [6, 6.07) is 67.1. The third-order valence-corrected chi connectivity index (χ3v) is 10.8. The summed E-state index contributed by atoms with van der Waals surface area (Å²) in [7, 11) is 0. The lowest BCUT2D eigenvalue weighted by Gasteiger charge is -2.29. The molecule has 0 atom stereocenters. The number of para-hydroxylation sites is 5. The number of fused-ring (bicyclic) bond motifs is 5. The lowest BCUT2D eigenvalue weighted by atomic mass is 9.84. The fourth-order valence-corrected chi connectivity index (χ4v) is 8.49. The summed E-state index contributed by atoms with van der Waals surface area (Å²) < 4.78 is 2.34. The van der Waals surface area contributed by atoms with E-state index in [9.17, 15) is 0 Å². The summed E-state index contributed by atoms with van der Waals surface area (Å²) in [5.41, 5.74) is 11.3. The molecule has 0 saturated carbocycles. The van der Waals surface area contributed by atoms with Crippen LogP contribution >= 0.6 is 0 Å². The first-order chi connectivity index (χ1) is 27.7. The molecule has 0 saturated heterocycles. The molecule has 0 bridgehead atoms. The van der Waals surface area contributed by atoms with E-state index in [0.717, 1.165) is 83.0 Å². The second kappa shape index (κ2) is 13.5. The zero-order chi connectivity index (χ0) is 37.6. The van der Waals surface area contributed by atoms with Crippen LogP contribution in [0.2, 0.25) is 0 Å². The molecule has 260 valence electrons. The molecule has 0 unspecified atom stereocenters. The molecule has 0 fully saturated rings. The van der Waals surface area contributed by atoms with Gasteiger partial charge < -0.3 is 9.47 Å². The van der Waals surface area contributed by atoms with Crippen LogP contribution in [0.15, 0.2) is 194 Å². The monoisotopic (exact) mass is 712 g/mol. The zero-order valence-electron chi connectivity index (χ0n) is 30.3. The minimum atomic E-state index is 0.587. The summed E-state index contributed by atoms with van der Waals surface area (Å²) in [5, 5.41) is 6.40. The van der Waals surface area contributed by atoms with Gasteiger partial charge in [0.25, 0.3) is 0 Å². The highest BCUT2D eigenvalue weighted by Crippen LogP contribution is 2.52. The molecule has 10 rings (SSSR count). The van der Waals surface area contributed by atoms with Crippen LogP contribution < -0.4 is 4.90 Å². The Labute approximate surface area is 325 Å². The first kappa shape index (κ1) is 32.7. The summed E-state index contributed by atoms with van der Waals surface area (Å²) in [5.74, 6) is 0. The van der Waals surface area contributed by atoms with E-state index < -0.39 is 0 Å². The van der Waals surface area contributed by atoms with Crippen LogP contribution in [0.25, 0.3) is 81.0 Å². The van der Waals surface area contributed by atoms with Gasteiger partial charge in [-0.25, -0.2) is 9.69 Å². The highest BCUT2D eigenvalue weighted by atomic mass is 15.1. The highest BCUT2D eigenvalue weighted by Gasteiger charge is 2.25. The standard InChI is InChI=1S/C52H32N4/c1-53-45-28-14-11-25-41(45)50-39-23-9-10-24-40(39)51(42-26-12-15-29-46(42)54-2)52-43(50)27-17-31-49(52)55(35-18-5-3-6-19-35)37-32-33-48-44(34-37)38-22-13-16-30-47(38)56(48)36-20-7-4-8-21-36/h3-34H. The van der Waals surface area contributed by atoms with E-state index in [4.69, 9.17) is 13.1 Å². The van der Waals surface area contributed by atoms with Gasteiger partial charge in [-0.05, 0) is 93.0 Å². The third kappa shape index (κ3) is 5.13. The van der Waals surface area contributed by atoms with Crippen molar-refractivity contribution >= 4 is 71.8 Å². The Morgan fingerprint density at radius 1 is 0.393 bits per heavy atom. The number of aromatic nitrogens is 1. The molecule has 56 heavy (non-hydrogen) atoms. The smallest absolute Gasteiger partial charge is 0.194 e. The van der Waals surface area contributed by atoms with Crippen molar-refractivity contribution in [3.8, 4) is 27.9 Å². The summed E-state index contributed by atoms with van der Waals surface area (Å²) in [6.45, 7) is 16.5. The van der Waals surface area contributed by atoms with Gasteiger partial charge in [-0.15, -0.1) is 0 Å². The molecule has 0 spiro atoms. The van der Waals surface area contributed by atoms with Crippen molar-refractivity contribution < 1.29 is 0 Å². The van der Waals surface area contributed by atoms with Crippen LogP contribution in [0.3, 0.4) is 0 Å². The molecule has 0 radical (unpaired) electrons. The first-order valence-corrected chi connectivity index (χ1v) is 18.6. The van der Waals surface area contributed by atoms with Gasteiger partial charge in [-0.2, -0.15) is 0 Å². The molecule has 1 heterocycles. The largest absolute Gasteiger partial charge is 0.310 e. The molecule has 4 nitrogen and oxygen atoms in total. The van der Waals surface area contributed by atoms with E-state index in [0.29, 0.717) is 11.4 Å². The Morgan fingerprint density at radius 3 is 1.62 bits per heavy atom. The van der Waals surface area contributed by atoms with Crippen molar-refractivity contribution in [2.45, 2.75) is 0 Å². The Kier molecular flexibility index (Phi) is 7.88. The lowest BCUT2D eigenvalue weighted by molar-refractivity contribution is 1.18. The lowest BCUT2D eigenvalue weighted by Crippen LogP contribution is -2.11. The van der Waals surface area contributed by atoms with Gasteiger partial charge in [0.15, 0.2) is 11.4 Å². The molecule has 0 aliphatic heterocycles. The maximum atomic E-state index is 8.27. The number of anilines is 3. The van der Waals surface area contributed by atoms with Crippen molar-refractivity contribution in [1.29, 1.82) is 0 Å². The molecule has 9 aromatic carbocycles. The van der Waals surface area contributed by atoms with Gasteiger partial charge in [0.05, 0.1) is 29.9 Å². The van der Waals surface area contributed by atoms with E-state index in [1.807, 2.05) is 42.5 Å². The van der Waals surface area contributed by atoms with Crippen LogP contribution in [0.1, 0.15) is 0 Å². The Hall–Kier alpha value is -7.92. The molecule has 10 aromatic rings. The van der Waals surface area contributed by atoms with Crippen molar-refractivity contribution in [2.75, 3.05) is 4.90 Å². The van der Waals surface area contributed by atoms with E-state index in [1.165, 1.54) is 5.39 Å². The molecule has 0 N–H and O–H groups in total. The van der Waals surface area contributed by atoms with Crippen molar-refractivity contribution in [3.05, 3.63) is 217 Å². The second-order valence-electron chi connectivity index (χ2n) is 13.8. The Bertz CT molecular complexity index is 3220. The summed E-state index contributed by atoms with van der Waals surface area (Å²) in [6.07, 6.45) is 0. The predicted octanol–water partition coefficient (Wildman–Crippen LogP) is 15.0.